The molecule has 1 N–H and O–H groups in total. The quantitative estimate of drug-likeness (QED) is 0.715. The third-order valence-electron chi connectivity index (χ3n) is 3.61. The third kappa shape index (κ3) is 3.97. The van der Waals surface area contributed by atoms with E-state index in [1.165, 1.54) is 12.1 Å². The smallest absolute Gasteiger partial charge is 0.322 e. The topological polar surface area (TPSA) is 120 Å². The number of aryl methyl sites for hydroxylation is 2. The highest BCUT2D eigenvalue weighted by Gasteiger charge is 2.15. The Morgan fingerprint density at radius 3 is 2.50 bits per heavy atom. The molecule has 0 aliphatic carbocycles. The first-order valence-corrected chi connectivity index (χ1v) is 9.55. The Bertz CT molecular complexity index is 1050. The van der Waals surface area contributed by atoms with Gasteiger partial charge in [0, 0.05) is 13.3 Å². The molecular weight excluding hydrogens is 358 g/mol. The van der Waals surface area contributed by atoms with Gasteiger partial charge in [-0.05, 0) is 30.7 Å². The summed E-state index contributed by atoms with van der Waals surface area (Å²) >= 11 is 0. The number of rotatable bonds is 5. The lowest BCUT2D eigenvalue weighted by atomic mass is 10.1. The number of benzene rings is 1. The van der Waals surface area contributed by atoms with Gasteiger partial charge in [0.25, 0.3) is 5.89 Å². The Kier molecular flexibility index (Phi) is 4.60. The minimum atomic E-state index is -3.26. The van der Waals surface area contributed by atoms with Crippen molar-refractivity contribution in [2.75, 3.05) is 11.6 Å². The Labute approximate surface area is 150 Å². The zero-order valence-corrected chi connectivity index (χ0v) is 15.2. The summed E-state index contributed by atoms with van der Waals surface area (Å²) in [6.45, 7) is 1.84. The Balaban J connectivity index is 1.66. The van der Waals surface area contributed by atoms with Crippen molar-refractivity contribution in [3.8, 4) is 11.6 Å². The van der Waals surface area contributed by atoms with Crippen LogP contribution in [-0.2, 0) is 28.1 Å². The van der Waals surface area contributed by atoms with Gasteiger partial charge in [0.2, 0.25) is 5.91 Å². The summed E-state index contributed by atoms with van der Waals surface area (Å²) in [5.41, 5.74) is 2.12. The third-order valence-corrected chi connectivity index (χ3v) is 4.74. The van der Waals surface area contributed by atoms with E-state index in [9.17, 15) is 13.2 Å². The van der Waals surface area contributed by atoms with Crippen LogP contribution in [0.2, 0.25) is 0 Å². The largest absolute Gasteiger partial charge is 0.401 e. The van der Waals surface area contributed by atoms with E-state index in [1.54, 1.807) is 29.9 Å². The van der Waals surface area contributed by atoms with Gasteiger partial charge >= 0.3 is 6.01 Å². The average Bonchev–Trinajstić information content (AvgIpc) is 3.12. The van der Waals surface area contributed by atoms with Gasteiger partial charge in [0.15, 0.2) is 9.84 Å². The first kappa shape index (κ1) is 17.8. The molecule has 1 aromatic carbocycles. The predicted molar refractivity (Wildman–Crippen MR) is 93.1 cm³/mol. The molecule has 0 unspecified atom stereocenters. The fourth-order valence-corrected chi connectivity index (χ4v) is 3.02. The molecular formula is C16H17N5O4S. The maximum Gasteiger partial charge on any atom is 0.322 e. The molecule has 136 valence electrons. The Hall–Kier alpha value is -3.01. The minimum absolute atomic E-state index is 0.0170. The van der Waals surface area contributed by atoms with Crippen molar-refractivity contribution in [3.05, 3.63) is 41.6 Å². The van der Waals surface area contributed by atoms with Gasteiger partial charge in [-0.15, -0.1) is 5.10 Å². The molecule has 0 aliphatic rings. The van der Waals surface area contributed by atoms with Gasteiger partial charge in [0.1, 0.15) is 5.69 Å². The lowest BCUT2D eigenvalue weighted by molar-refractivity contribution is -0.115. The molecule has 1 amide bonds. The molecule has 3 rings (SSSR count). The van der Waals surface area contributed by atoms with Crippen molar-refractivity contribution in [1.82, 2.24) is 20.0 Å². The summed E-state index contributed by atoms with van der Waals surface area (Å²) in [6, 6.07) is 7.89. The second-order valence-electron chi connectivity index (χ2n) is 5.85. The van der Waals surface area contributed by atoms with E-state index in [-0.39, 0.29) is 29.1 Å². The van der Waals surface area contributed by atoms with E-state index in [1.807, 2.05) is 6.92 Å². The number of carbonyl (C=O) groups is 1. The van der Waals surface area contributed by atoms with Crippen LogP contribution in [-0.4, -0.2) is 40.6 Å². The van der Waals surface area contributed by atoms with Crippen LogP contribution >= 0.6 is 0 Å². The van der Waals surface area contributed by atoms with Gasteiger partial charge in [-0.3, -0.25) is 14.8 Å². The second-order valence-corrected chi connectivity index (χ2v) is 7.86. The molecule has 0 saturated carbocycles. The van der Waals surface area contributed by atoms with Gasteiger partial charge in [-0.25, -0.2) is 8.42 Å². The van der Waals surface area contributed by atoms with Crippen LogP contribution in [0.4, 0.5) is 6.01 Å². The Morgan fingerprint density at radius 2 is 1.92 bits per heavy atom. The summed E-state index contributed by atoms with van der Waals surface area (Å²) in [7, 11) is -1.51. The van der Waals surface area contributed by atoms with Crippen molar-refractivity contribution in [2.24, 2.45) is 7.05 Å². The number of hydrogen-bond donors (Lipinski definition) is 1. The van der Waals surface area contributed by atoms with Gasteiger partial charge in [-0.1, -0.05) is 17.2 Å². The Morgan fingerprint density at radius 1 is 1.23 bits per heavy atom. The molecule has 9 nitrogen and oxygen atoms in total. The lowest BCUT2D eigenvalue weighted by Crippen LogP contribution is -2.14. The van der Waals surface area contributed by atoms with Crippen LogP contribution in [0.3, 0.4) is 0 Å². The van der Waals surface area contributed by atoms with Crippen LogP contribution in [0, 0.1) is 6.92 Å². The molecule has 0 radical (unpaired) electrons. The van der Waals surface area contributed by atoms with Crippen molar-refractivity contribution < 1.29 is 17.6 Å². The molecule has 0 atom stereocenters. The van der Waals surface area contributed by atoms with E-state index in [0.717, 1.165) is 11.9 Å². The second kappa shape index (κ2) is 6.71. The van der Waals surface area contributed by atoms with Crippen molar-refractivity contribution in [2.45, 2.75) is 18.2 Å². The number of hydrogen-bond acceptors (Lipinski definition) is 7. The lowest BCUT2D eigenvalue weighted by Gasteiger charge is -2.03. The van der Waals surface area contributed by atoms with Crippen molar-refractivity contribution in [1.29, 1.82) is 0 Å². The zero-order valence-electron chi connectivity index (χ0n) is 14.4. The van der Waals surface area contributed by atoms with Crippen LogP contribution in [0.5, 0.6) is 0 Å². The molecule has 26 heavy (non-hydrogen) atoms. The highest BCUT2D eigenvalue weighted by Crippen LogP contribution is 2.20. The van der Waals surface area contributed by atoms with Gasteiger partial charge < -0.3 is 4.42 Å². The number of aromatic nitrogens is 4. The van der Waals surface area contributed by atoms with Gasteiger partial charge in [-0.2, -0.15) is 5.10 Å². The normalized spacial score (nSPS) is 11.5. The summed E-state index contributed by atoms with van der Waals surface area (Å²) < 4.78 is 29.9. The van der Waals surface area contributed by atoms with Crippen LogP contribution in [0.15, 0.2) is 39.6 Å². The molecule has 3 aromatic rings. The molecule has 2 aromatic heterocycles. The molecule has 0 spiro atoms. The first-order chi connectivity index (χ1) is 12.2. The number of sulfone groups is 1. The van der Waals surface area contributed by atoms with Crippen molar-refractivity contribution >= 4 is 21.8 Å². The SMILES string of the molecule is Cc1cc(-c2nnc(NC(=O)Cc3ccc(S(C)(=O)=O)cc3)o2)n(C)n1. The number of carbonyl (C=O) groups excluding carboxylic acids is 1. The van der Waals surface area contributed by atoms with E-state index in [4.69, 9.17) is 4.42 Å². The van der Waals surface area contributed by atoms with Crippen LogP contribution in [0.1, 0.15) is 11.3 Å². The number of anilines is 1. The van der Waals surface area contributed by atoms with E-state index in [0.29, 0.717) is 11.3 Å². The van der Waals surface area contributed by atoms with Crippen molar-refractivity contribution in [3.63, 3.8) is 0 Å². The van der Waals surface area contributed by atoms with E-state index in [2.05, 4.69) is 20.6 Å². The molecule has 2 heterocycles. The monoisotopic (exact) mass is 375 g/mol. The summed E-state index contributed by atoms with van der Waals surface area (Å²) in [4.78, 5) is 12.3. The van der Waals surface area contributed by atoms with Crippen LogP contribution in [0.25, 0.3) is 11.6 Å². The highest BCUT2D eigenvalue weighted by atomic mass is 32.2. The molecule has 0 fully saturated rings. The van der Waals surface area contributed by atoms with E-state index >= 15 is 0 Å². The summed E-state index contributed by atoms with van der Waals surface area (Å²) in [5, 5.41) is 14.4. The fourth-order valence-electron chi connectivity index (χ4n) is 2.39. The van der Waals surface area contributed by atoms with Gasteiger partial charge in [0.05, 0.1) is 17.0 Å². The highest BCUT2D eigenvalue weighted by molar-refractivity contribution is 7.90. The minimum Gasteiger partial charge on any atom is -0.401 e. The molecule has 0 bridgehead atoms. The zero-order chi connectivity index (χ0) is 18.9. The van der Waals surface area contributed by atoms with E-state index < -0.39 is 9.84 Å². The average molecular weight is 375 g/mol. The standard InChI is InChI=1S/C16H17N5O4S/c1-10-8-13(21(2)20-10)15-18-19-16(25-15)17-14(22)9-11-4-6-12(7-5-11)26(3,23)24/h4-8H,9H2,1-3H3,(H,17,19,22). The maximum atomic E-state index is 12.1. The molecule has 10 heteroatoms. The number of nitrogens with zero attached hydrogens (tertiary/aromatic N) is 4. The molecule has 0 aliphatic heterocycles. The fraction of sp³-hybridized carbons (Fsp3) is 0.250. The number of nitrogens with one attached hydrogen (secondary N) is 1. The maximum absolute atomic E-state index is 12.1. The summed E-state index contributed by atoms with van der Waals surface area (Å²) in [6.07, 6.45) is 1.18. The first-order valence-electron chi connectivity index (χ1n) is 7.66. The summed E-state index contributed by atoms with van der Waals surface area (Å²) in [5.74, 6) is -0.102. The van der Waals surface area contributed by atoms with Crippen LogP contribution < -0.4 is 5.32 Å². The predicted octanol–water partition coefficient (Wildman–Crippen LogP) is 1.36. The number of amides is 1. The molecule has 0 saturated heterocycles.